The molecule has 0 aliphatic carbocycles. The molecule has 1 aliphatic rings. The molecule has 1 amide bonds. The lowest BCUT2D eigenvalue weighted by Gasteiger charge is -2.41. The van der Waals surface area contributed by atoms with Crippen LogP contribution in [0.2, 0.25) is 0 Å². The van der Waals surface area contributed by atoms with Gasteiger partial charge >= 0.3 is 0 Å². The van der Waals surface area contributed by atoms with Crippen molar-refractivity contribution < 1.29 is 9.90 Å². The number of fused-ring (bicyclic) bond motifs is 1. The van der Waals surface area contributed by atoms with E-state index in [9.17, 15) is 9.90 Å². The minimum atomic E-state index is -0.728. The van der Waals surface area contributed by atoms with E-state index in [1.165, 1.54) is 0 Å². The van der Waals surface area contributed by atoms with Crippen molar-refractivity contribution in [2.45, 2.75) is 46.3 Å². The number of pyridine rings is 1. The zero-order chi connectivity index (χ0) is 18.4. The van der Waals surface area contributed by atoms with E-state index in [2.05, 4.69) is 27.0 Å². The summed E-state index contributed by atoms with van der Waals surface area (Å²) in [6.07, 6.45) is 0. The molecule has 1 atom stereocenters. The van der Waals surface area contributed by atoms with Crippen LogP contribution >= 0.6 is 0 Å². The van der Waals surface area contributed by atoms with Gasteiger partial charge in [-0.2, -0.15) is 5.10 Å². The first-order valence-electron chi connectivity index (χ1n) is 8.74. The number of H-pyrrole nitrogens is 1. The minimum Gasteiger partial charge on any atom is -0.389 e. The summed E-state index contributed by atoms with van der Waals surface area (Å²) in [5, 5.41) is 18.0. The van der Waals surface area contributed by atoms with Gasteiger partial charge in [0.1, 0.15) is 0 Å². The maximum atomic E-state index is 13.2. The molecule has 3 rings (SSSR count). The quantitative estimate of drug-likeness (QED) is 0.880. The Morgan fingerprint density at radius 2 is 2.12 bits per heavy atom. The van der Waals surface area contributed by atoms with Gasteiger partial charge in [-0.05, 0) is 40.7 Å². The Bertz CT molecular complexity index is 793. The molecular formula is C18H27N5O2. The van der Waals surface area contributed by atoms with Gasteiger partial charge in [-0.1, -0.05) is 0 Å². The third-order valence-electron chi connectivity index (χ3n) is 4.65. The molecule has 25 heavy (non-hydrogen) atoms. The molecule has 3 heterocycles. The molecule has 2 N–H and O–H groups in total. The van der Waals surface area contributed by atoms with Gasteiger partial charge in [0.15, 0.2) is 5.65 Å². The number of carbonyl (C=O) groups excluding carboxylic acids is 1. The first-order chi connectivity index (χ1) is 11.7. The second-order valence-corrected chi connectivity index (χ2v) is 7.75. The molecular weight excluding hydrogens is 318 g/mol. The van der Waals surface area contributed by atoms with E-state index in [0.717, 1.165) is 29.9 Å². The average molecular weight is 345 g/mol. The van der Waals surface area contributed by atoms with Gasteiger partial charge < -0.3 is 10.0 Å². The van der Waals surface area contributed by atoms with Crippen LogP contribution in [0.4, 0.5) is 0 Å². The van der Waals surface area contributed by atoms with Crippen LogP contribution in [0.1, 0.15) is 42.5 Å². The molecule has 0 saturated carbocycles. The van der Waals surface area contributed by atoms with Gasteiger partial charge in [0.2, 0.25) is 0 Å². The maximum absolute atomic E-state index is 13.2. The van der Waals surface area contributed by atoms with Crippen molar-refractivity contribution >= 4 is 16.9 Å². The number of piperazine rings is 1. The number of amides is 1. The van der Waals surface area contributed by atoms with E-state index >= 15 is 0 Å². The van der Waals surface area contributed by atoms with Crippen molar-refractivity contribution in [2.75, 3.05) is 26.2 Å². The van der Waals surface area contributed by atoms with Crippen LogP contribution in [0, 0.1) is 13.8 Å². The molecule has 1 saturated heterocycles. The third kappa shape index (κ3) is 3.67. The van der Waals surface area contributed by atoms with Gasteiger partial charge in [0, 0.05) is 43.6 Å². The Morgan fingerprint density at radius 1 is 1.40 bits per heavy atom. The fourth-order valence-electron chi connectivity index (χ4n) is 3.65. The summed E-state index contributed by atoms with van der Waals surface area (Å²) in [4.78, 5) is 21.7. The van der Waals surface area contributed by atoms with E-state index in [-0.39, 0.29) is 11.9 Å². The van der Waals surface area contributed by atoms with Crippen molar-refractivity contribution in [2.24, 2.45) is 0 Å². The van der Waals surface area contributed by atoms with Crippen molar-refractivity contribution in [1.29, 1.82) is 0 Å². The number of rotatable bonds is 3. The molecule has 1 fully saturated rings. The lowest BCUT2D eigenvalue weighted by atomic mass is 10.0. The molecule has 7 heteroatoms. The molecule has 1 aliphatic heterocycles. The van der Waals surface area contributed by atoms with E-state index in [1.54, 1.807) is 0 Å². The fraction of sp³-hybridized carbons (Fsp3) is 0.611. The van der Waals surface area contributed by atoms with Gasteiger partial charge in [0.25, 0.3) is 5.91 Å². The maximum Gasteiger partial charge on any atom is 0.255 e. The number of aromatic nitrogens is 3. The molecule has 136 valence electrons. The van der Waals surface area contributed by atoms with Gasteiger partial charge in [0.05, 0.1) is 16.6 Å². The highest BCUT2D eigenvalue weighted by Gasteiger charge is 2.31. The number of nitrogens with zero attached hydrogens (tertiary/aromatic N) is 4. The summed E-state index contributed by atoms with van der Waals surface area (Å²) in [5.74, 6) is 0.0235. The second-order valence-electron chi connectivity index (χ2n) is 7.75. The van der Waals surface area contributed by atoms with Crippen molar-refractivity contribution in [3.63, 3.8) is 0 Å². The summed E-state index contributed by atoms with van der Waals surface area (Å²) >= 11 is 0. The van der Waals surface area contributed by atoms with Crippen molar-refractivity contribution in [1.82, 2.24) is 25.0 Å². The van der Waals surface area contributed by atoms with Crippen molar-refractivity contribution in [3.8, 4) is 0 Å². The topological polar surface area (TPSA) is 85.4 Å². The Kier molecular flexibility index (Phi) is 4.55. The van der Waals surface area contributed by atoms with Crippen LogP contribution in [0.5, 0.6) is 0 Å². The number of aromatic amines is 1. The first-order valence-corrected chi connectivity index (χ1v) is 8.74. The molecule has 2 aromatic rings. The smallest absolute Gasteiger partial charge is 0.255 e. The van der Waals surface area contributed by atoms with Crippen LogP contribution in [-0.4, -0.2) is 73.8 Å². The first kappa shape index (κ1) is 17.8. The van der Waals surface area contributed by atoms with Gasteiger partial charge in [-0.15, -0.1) is 0 Å². The molecule has 0 aromatic carbocycles. The van der Waals surface area contributed by atoms with E-state index in [4.69, 9.17) is 0 Å². The number of carbonyl (C=O) groups is 1. The number of aryl methyl sites for hydroxylation is 2. The number of nitrogens with one attached hydrogen (secondary N) is 1. The van der Waals surface area contributed by atoms with Crippen molar-refractivity contribution in [3.05, 3.63) is 23.0 Å². The van der Waals surface area contributed by atoms with Crippen LogP contribution in [-0.2, 0) is 0 Å². The number of hydrogen-bond acceptors (Lipinski definition) is 5. The van der Waals surface area contributed by atoms with Crippen LogP contribution in [0.3, 0.4) is 0 Å². The Hall–Kier alpha value is -1.99. The Labute approximate surface area is 148 Å². The lowest BCUT2D eigenvalue weighted by Crippen LogP contribution is -2.56. The molecule has 1 unspecified atom stereocenters. The molecule has 0 spiro atoms. The Balaban J connectivity index is 1.84. The summed E-state index contributed by atoms with van der Waals surface area (Å²) < 4.78 is 0. The minimum absolute atomic E-state index is 0.0235. The zero-order valence-electron chi connectivity index (χ0n) is 15.6. The average Bonchev–Trinajstić information content (AvgIpc) is 2.85. The monoisotopic (exact) mass is 345 g/mol. The molecule has 0 radical (unpaired) electrons. The van der Waals surface area contributed by atoms with E-state index < -0.39 is 5.60 Å². The second kappa shape index (κ2) is 6.38. The predicted octanol–water partition coefficient (Wildman–Crippen LogP) is 1.49. The highest BCUT2D eigenvalue weighted by atomic mass is 16.3. The standard InChI is InChI=1S/C18H27N5O2/c1-11-8-14(15-13(3)20-21-16(15)19-11)17(24)23-7-6-22(9-12(23)2)10-18(4,5)25/h8,12,25H,6-7,9-10H2,1-5H3,(H,19,20,21). The van der Waals surface area contributed by atoms with Gasteiger partial charge in [-0.3, -0.25) is 14.8 Å². The SMILES string of the molecule is Cc1cc(C(=O)N2CCN(CC(C)(C)O)CC2C)c2c(C)[nH]nc2n1. The Morgan fingerprint density at radius 3 is 2.76 bits per heavy atom. The molecule has 7 nitrogen and oxygen atoms in total. The summed E-state index contributed by atoms with van der Waals surface area (Å²) in [6.45, 7) is 12.3. The summed E-state index contributed by atoms with van der Waals surface area (Å²) in [7, 11) is 0. The zero-order valence-corrected chi connectivity index (χ0v) is 15.6. The fourth-order valence-corrected chi connectivity index (χ4v) is 3.65. The van der Waals surface area contributed by atoms with Crippen LogP contribution < -0.4 is 0 Å². The largest absolute Gasteiger partial charge is 0.389 e. The lowest BCUT2D eigenvalue weighted by molar-refractivity contribution is 0.00583. The van der Waals surface area contributed by atoms with E-state index in [0.29, 0.717) is 24.3 Å². The number of aliphatic hydroxyl groups is 1. The molecule has 2 aromatic heterocycles. The number of hydrogen-bond donors (Lipinski definition) is 2. The van der Waals surface area contributed by atoms with Crippen LogP contribution in [0.25, 0.3) is 11.0 Å². The van der Waals surface area contributed by atoms with Gasteiger partial charge in [-0.25, -0.2) is 4.98 Å². The number of β-amino-alcohol motifs (C(OH)–C–C–N with tert-alkyl or cyclic N) is 1. The third-order valence-corrected chi connectivity index (χ3v) is 4.65. The molecule has 0 bridgehead atoms. The normalized spacial score (nSPS) is 19.6. The summed E-state index contributed by atoms with van der Waals surface area (Å²) in [6, 6.07) is 1.93. The predicted molar refractivity (Wildman–Crippen MR) is 96.6 cm³/mol. The summed E-state index contributed by atoms with van der Waals surface area (Å²) in [5.41, 5.74) is 2.18. The van der Waals surface area contributed by atoms with Crippen LogP contribution in [0.15, 0.2) is 6.07 Å². The highest BCUT2D eigenvalue weighted by molar-refractivity contribution is 6.06. The van der Waals surface area contributed by atoms with E-state index in [1.807, 2.05) is 38.7 Å². The highest BCUT2D eigenvalue weighted by Crippen LogP contribution is 2.23.